The molecule has 7 nitrogen and oxygen atoms in total. The van der Waals surface area contributed by atoms with Crippen LogP contribution in [0, 0.1) is 0 Å². The first-order chi connectivity index (χ1) is 16.5. The molecule has 2 atom stereocenters. The van der Waals surface area contributed by atoms with E-state index < -0.39 is 12.2 Å². The SMILES string of the molecule is OCC(O)(CCl)c1cc2nccc(-c3cc(Cl)cc4c3OC(c3onc5c3CNCC5)C4)c2s1. The summed E-state index contributed by atoms with van der Waals surface area (Å²) >= 11 is 13.8. The highest BCUT2D eigenvalue weighted by Crippen LogP contribution is 2.48. The van der Waals surface area contributed by atoms with Gasteiger partial charge in [-0.1, -0.05) is 16.8 Å². The molecule has 2 unspecified atom stereocenters. The maximum absolute atomic E-state index is 10.7. The van der Waals surface area contributed by atoms with Crippen LogP contribution in [0.2, 0.25) is 5.02 Å². The van der Waals surface area contributed by atoms with Gasteiger partial charge in [-0.25, -0.2) is 0 Å². The predicted octanol–water partition coefficient (Wildman–Crippen LogP) is 4.35. The molecule has 10 heteroatoms. The van der Waals surface area contributed by atoms with Crippen LogP contribution in [-0.4, -0.2) is 39.4 Å². The summed E-state index contributed by atoms with van der Waals surface area (Å²) in [6, 6.07) is 7.49. The van der Waals surface area contributed by atoms with Gasteiger partial charge in [0.25, 0.3) is 0 Å². The van der Waals surface area contributed by atoms with E-state index in [2.05, 4.69) is 15.5 Å². The molecule has 5 heterocycles. The number of rotatable bonds is 5. The van der Waals surface area contributed by atoms with Gasteiger partial charge in [-0.2, -0.15) is 0 Å². The van der Waals surface area contributed by atoms with Crippen molar-refractivity contribution < 1.29 is 19.5 Å². The Kier molecular flexibility index (Phi) is 5.55. The topological polar surface area (TPSA) is 101 Å². The highest BCUT2D eigenvalue weighted by molar-refractivity contribution is 7.19. The number of halogens is 2. The number of thiophene rings is 1. The van der Waals surface area contributed by atoms with Gasteiger partial charge in [0, 0.05) is 64.3 Å². The summed E-state index contributed by atoms with van der Waals surface area (Å²) in [5, 5.41) is 28.7. The van der Waals surface area contributed by atoms with Gasteiger partial charge in [0.1, 0.15) is 11.4 Å². The number of ether oxygens (including phenoxy) is 1. The molecule has 4 aromatic rings. The van der Waals surface area contributed by atoms with E-state index in [1.165, 1.54) is 11.3 Å². The number of nitrogens with one attached hydrogen (secondary N) is 1. The highest BCUT2D eigenvalue weighted by Gasteiger charge is 2.35. The summed E-state index contributed by atoms with van der Waals surface area (Å²) in [5.74, 6) is 1.38. The van der Waals surface area contributed by atoms with Crippen LogP contribution in [0.4, 0.5) is 0 Å². The van der Waals surface area contributed by atoms with Crippen molar-refractivity contribution in [2.45, 2.75) is 31.1 Å². The molecule has 0 saturated heterocycles. The van der Waals surface area contributed by atoms with Crippen molar-refractivity contribution in [1.82, 2.24) is 15.5 Å². The Bertz CT molecular complexity index is 1400. The van der Waals surface area contributed by atoms with Crippen LogP contribution in [0.5, 0.6) is 5.75 Å². The molecule has 0 radical (unpaired) electrons. The molecule has 176 valence electrons. The number of aromatic nitrogens is 2. The van der Waals surface area contributed by atoms with E-state index in [0.29, 0.717) is 21.8 Å². The molecule has 2 aliphatic heterocycles. The number of aliphatic hydroxyl groups excluding tert-OH is 1. The molecule has 2 aliphatic rings. The van der Waals surface area contributed by atoms with Crippen LogP contribution in [0.1, 0.15) is 33.6 Å². The van der Waals surface area contributed by atoms with Gasteiger partial charge in [-0.15, -0.1) is 22.9 Å². The first-order valence-corrected chi connectivity index (χ1v) is 12.7. The van der Waals surface area contributed by atoms with Gasteiger partial charge >= 0.3 is 0 Å². The number of pyridine rings is 1. The minimum atomic E-state index is -1.53. The standard InChI is InChI=1S/C24H21Cl2N3O4S/c25-10-24(31,11-30)20-8-18-23(34-20)14(1-4-28-18)15-7-13(26)5-12-6-19(32-21(12)15)22-16-9-27-3-2-17(16)29-33-22/h1,4-5,7-8,19,27,30-31H,2-3,6,9-11H2. The predicted molar refractivity (Wildman–Crippen MR) is 131 cm³/mol. The van der Waals surface area contributed by atoms with Crippen molar-refractivity contribution in [2.75, 3.05) is 19.0 Å². The van der Waals surface area contributed by atoms with Crippen molar-refractivity contribution in [1.29, 1.82) is 0 Å². The first kappa shape index (κ1) is 22.3. The zero-order valence-corrected chi connectivity index (χ0v) is 20.3. The Morgan fingerprint density at radius 3 is 2.97 bits per heavy atom. The van der Waals surface area contributed by atoms with Crippen LogP contribution < -0.4 is 10.1 Å². The molecule has 3 N–H and O–H groups in total. The lowest BCUT2D eigenvalue weighted by Crippen LogP contribution is -2.31. The van der Waals surface area contributed by atoms with Crippen molar-refractivity contribution in [3.63, 3.8) is 0 Å². The molecule has 0 amide bonds. The molecular weight excluding hydrogens is 497 g/mol. The summed E-state index contributed by atoms with van der Waals surface area (Å²) < 4.78 is 13.1. The Morgan fingerprint density at radius 1 is 1.26 bits per heavy atom. The number of hydrogen-bond donors (Lipinski definition) is 3. The van der Waals surface area contributed by atoms with Crippen molar-refractivity contribution in [3.05, 3.63) is 62.9 Å². The molecule has 3 aromatic heterocycles. The zero-order chi connectivity index (χ0) is 23.4. The largest absolute Gasteiger partial charge is 0.481 e. The Morgan fingerprint density at radius 2 is 2.15 bits per heavy atom. The molecule has 0 spiro atoms. The molecule has 0 fully saturated rings. The number of nitrogens with zero attached hydrogens (tertiary/aromatic N) is 2. The molecule has 6 rings (SSSR count). The van der Waals surface area contributed by atoms with E-state index in [1.807, 2.05) is 18.2 Å². The van der Waals surface area contributed by atoms with Gasteiger partial charge in [0.05, 0.1) is 28.4 Å². The summed E-state index contributed by atoms with van der Waals surface area (Å²) in [6.45, 7) is 1.13. The lowest BCUT2D eigenvalue weighted by Gasteiger charge is -2.20. The second kappa shape index (κ2) is 8.48. The monoisotopic (exact) mass is 517 g/mol. The van der Waals surface area contributed by atoms with Crippen LogP contribution in [0.3, 0.4) is 0 Å². The fourth-order valence-corrected chi connectivity index (χ4v) is 6.42. The van der Waals surface area contributed by atoms with Crippen molar-refractivity contribution in [3.8, 4) is 16.9 Å². The average molecular weight is 518 g/mol. The van der Waals surface area contributed by atoms with Crippen LogP contribution in [0.15, 0.2) is 35.0 Å². The summed E-state index contributed by atoms with van der Waals surface area (Å²) in [4.78, 5) is 5.01. The third kappa shape index (κ3) is 3.52. The average Bonchev–Trinajstić information content (AvgIpc) is 3.58. The number of benzene rings is 1. The third-order valence-corrected chi connectivity index (χ3v) is 8.48. The van der Waals surface area contributed by atoms with Gasteiger partial charge in [-0.05, 0) is 24.3 Å². The summed E-state index contributed by atoms with van der Waals surface area (Å²) in [7, 11) is 0. The fourth-order valence-electron chi connectivity index (χ4n) is 4.65. The van der Waals surface area contributed by atoms with E-state index in [9.17, 15) is 10.2 Å². The Labute approximate surface area is 209 Å². The van der Waals surface area contributed by atoms with Crippen molar-refractivity contribution >= 4 is 44.8 Å². The van der Waals surface area contributed by atoms with E-state index in [1.54, 1.807) is 12.3 Å². The van der Waals surface area contributed by atoms with E-state index in [0.717, 1.165) is 63.7 Å². The van der Waals surface area contributed by atoms with Gasteiger partial charge in [0.2, 0.25) is 0 Å². The molecule has 1 aromatic carbocycles. The fraction of sp³-hybridized carbons (Fsp3) is 0.333. The van der Waals surface area contributed by atoms with E-state index in [-0.39, 0.29) is 12.0 Å². The van der Waals surface area contributed by atoms with Crippen molar-refractivity contribution in [2.24, 2.45) is 0 Å². The zero-order valence-electron chi connectivity index (χ0n) is 18.0. The quantitative estimate of drug-likeness (QED) is 0.338. The second-order valence-electron chi connectivity index (χ2n) is 8.66. The lowest BCUT2D eigenvalue weighted by molar-refractivity contribution is 0.00406. The number of aliphatic hydroxyl groups is 2. The van der Waals surface area contributed by atoms with Gasteiger partial charge in [0.15, 0.2) is 11.9 Å². The van der Waals surface area contributed by atoms with Gasteiger partial charge in [-0.3, -0.25) is 4.98 Å². The van der Waals surface area contributed by atoms with Crippen LogP contribution in [0.25, 0.3) is 21.3 Å². The van der Waals surface area contributed by atoms with E-state index in [4.69, 9.17) is 32.5 Å². The molecular formula is C24H21Cl2N3O4S. The minimum Gasteiger partial charge on any atom is -0.481 e. The molecule has 0 bridgehead atoms. The number of fused-ring (bicyclic) bond motifs is 3. The Hall–Kier alpha value is -2.20. The maximum Gasteiger partial charge on any atom is 0.182 e. The molecule has 34 heavy (non-hydrogen) atoms. The molecule has 0 saturated carbocycles. The number of alkyl halides is 1. The van der Waals surface area contributed by atoms with Crippen LogP contribution >= 0.6 is 34.5 Å². The smallest absolute Gasteiger partial charge is 0.182 e. The second-order valence-corrected chi connectivity index (χ2v) is 10.4. The normalized spacial score (nSPS) is 19.0. The summed E-state index contributed by atoms with van der Waals surface area (Å²) in [5.41, 5.74) is 3.97. The van der Waals surface area contributed by atoms with Gasteiger partial charge < -0.3 is 24.8 Å². The highest BCUT2D eigenvalue weighted by atomic mass is 35.5. The lowest BCUT2D eigenvalue weighted by atomic mass is 9.99. The summed E-state index contributed by atoms with van der Waals surface area (Å²) in [6.07, 6.45) is 2.90. The Balaban J connectivity index is 1.44. The van der Waals surface area contributed by atoms with E-state index >= 15 is 0 Å². The molecule has 0 aliphatic carbocycles. The van der Waals surface area contributed by atoms with Crippen LogP contribution in [-0.2, 0) is 25.0 Å². The maximum atomic E-state index is 10.7. The first-order valence-electron chi connectivity index (χ1n) is 11.0. The third-order valence-electron chi connectivity index (χ3n) is 6.47. The number of hydrogen-bond acceptors (Lipinski definition) is 8. The minimum absolute atomic E-state index is 0.126.